The maximum atomic E-state index is 12.1. The zero-order valence-corrected chi connectivity index (χ0v) is 14.3. The number of carbonyl (C=O) groups excluding carboxylic acids is 1. The number of para-hydroxylation sites is 1. The smallest absolute Gasteiger partial charge is 0.410 e. The summed E-state index contributed by atoms with van der Waals surface area (Å²) in [7, 11) is 0. The summed E-state index contributed by atoms with van der Waals surface area (Å²) in [6, 6.07) is 19.7. The van der Waals surface area contributed by atoms with Crippen LogP contribution in [0.1, 0.15) is 5.56 Å². The molecule has 0 aromatic heterocycles. The SMILES string of the molecule is O=C(NCC(Cc1ccccc1)N1CCOCC1)Oc1ccccc1. The Bertz CT molecular complexity index is 643. The predicted octanol–water partition coefficient (Wildman–Crippen LogP) is 2.72. The van der Waals surface area contributed by atoms with Gasteiger partial charge in [0.1, 0.15) is 5.75 Å². The molecule has 1 saturated heterocycles. The summed E-state index contributed by atoms with van der Waals surface area (Å²) >= 11 is 0. The molecule has 1 amide bonds. The number of hydrogen-bond donors (Lipinski definition) is 1. The first-order chi connectivity index (χ1) is 12.3. The molecule has 2 aromatic rings. The monoisotopic (exact) mass is 340 g/mol. The molecule has 1 unspecified atom stereocenters. The predicted molar refractivity (Wildman–Crippen MR) is 96.8 cm³/mol. The molecule has 3 rings (SSSR count). The molecular weight excluding hydrogens is 316 g/mol. The van der Waals surface area contributed by atoms with E-state index in [1.165, 1.54) is 5.56 Å². The Morgan fingerprint density at radius 2 is 1.68 bits per heavy atom. The van der Waals surface area contributed by atoms with Gasteiger partial charge in [-0.25, -0.2) is 4.79 Å². The van der Waals surface area contributed by atoms with Gasteiger partial charge in [-0.05, 0) is 24.1 Å². The van der Waals surface area contributed by atoms with Crippen LogP contribution in [0.3, 0.4) is 0 Å². The van der Waals surface area contributed by atoms with E-state index in [1.54, 1.807) is 12.1 Å². The van der Waals surface area contributed by atoms with Crippen LogP contribution in [0.2, 0.25) is 0 Å². The molecule has 1 atom stereocenters. The first kappa shape index (κ1) is 17.5. The van der Waals surface area contributed by atoms with Crippen molar-refractivity contribution >= 4 is 6.09 Å². The van der Waals surface area contributed by atoms with Crippen LogP contribution in [-0.4, -0.2) is 49.9 Å². The number of carbonyl (C=O) groups is 1. The van der Waals surface area contributed by atoms with Crippen molar-refractivity contribution in [1.29, 1.82) is 0 Å². The van der Waals surface area contributed by atoms with Crippen LogP contribution in [-0.2, 0) is 11.2 Å². The van der Waals surface area contributed by atoms with Crippen LogP contribution in [0.25, 0.3) is 0 Å². The van der Waals surface area contributed by atoms with Gasteiger partial charge < -0.3 is 14.8 Å². The Kier molecular flexibility index (Phi) is 6.42. The van der Waals surface area contributed by atoms with Crippen LogP contribution in [0, 0.1) is 0 Å². The highest BCUT2D eigenvalue weighted by Gasteiger charge is 2.22. The maximum Gasteiger partial charge on any atom is 0.412 e. The largest absolute Gasteiger partial charge is 0.412 e. The molecule has 1 aliphatic heterocycles. The standard InChI is InChI=1S/C20H24N2O3/c23-20(25-19-9-5-2-6-10-19)21-16-18(22-11-13-24-14-12-22)15-17-7-3-1-4-8-17/h1-10,18H,11-16H2,(H,21,23). The van der Waals surface area contributed by atoms with Gasteiger partial charge in [-0.3, -0.25) is 4.90 Å². The van der Waals surface area contributed by atoms with E-state index in [4.69, 9.17) is 9.47 Å². The average Bonchev–Trinajstić information content (AvgIpc) is 2.67. The van der Waals surface area contributed by atoms with Gasteiger partial charge in [0.25, 0.3) is 0 Å². The highest BCUT2D eigenvalue weighted by molar-refractivity contribution is 5.70. The lowest BCUT2D eigenvalue weighted by Gasteiger charge is -2.34. The number of hydrogen-bond acceptors (Lipinski definition) is 4. The number of rotatable bonds is 6. The molecule has 132 valence electrons. The maximum absolute atomic E-state index is 12.1. The molecule has 1 heterocycles. The van der Waals surface area contributed by atoms with Crippen LogP contribution in [0.15, 0.2) is 60.7 Å². The molecule has 0 radical (unpaired) electrons. The lowest BCUT2D eigenvalue weighted by Crippen LogP contribution is -2.50. The van der Waals surface area contributed by atoms with E-state index < -0.39 is 6.09 Å². The molecule has 0 bridgehead atoms. The van der Waals surface area contributed by atoms with E-state index in [0.717, 1.165) is 32.7 Å². The third-order valence-corrected chi connectivity index (χ3v) is 4.31. The second-order valence-corrected chi connectivity index (χ2v) is 6.08. The van der Waals surface area contributed by atoms with Gasteiger partial charge in [0, 0.05) is 25.7 Å². The van der Waals surface area contributed by atoms with Crippen molar-refractivity contribution in [3.8, 4) is 5.75 Å². The highest BCUT2D eigenvalue weighted by atomic mass is 16.6. The Morgan fingerprint density at radius 1 is 1.04 bits per heavy atom. The Morgan fingerprint density at radius 3 is 2.36 bits per heavy atom. The number of nitrogens with one attached hydrogen (secondary N) is 1. The van der Waals surface area contributed by atoms with Crippen molar-refractivity contribution in [2.75, 3.05) is 32.8 Å². The molecule has 0 saturated carbocycles. The average molecular weight is 340 g/mol. The minimum absolute atomic E-state index is 0.217. The second kappa shape index (κ2) is 9.20. The fourth-order valence-corrected chi connectivity index (χ4v) is 2.99. The summed E-state index contributed by atoms with van der Waals surface area (Å²) in [6.07, 6.45) is 0.462. The van der Waals surface area contributed by atoms with Crippen molar-refractivity contribution in [1.82, 2.24) is 10.2 Å². The summed E-state index contributed by atoms with van der Waals surface area (Å²) in [6.45, 7) is 3.78. The van der Waals surface area contributed by atoms with Crippen molar-refractivity contribution in [3.63, 3.8) is 0 Å². The van der Waals surface area contributed by atoms with Gasteiger partial charge in [0.05, 0.1) is 13.2 Å². The fraction of sp³-hybridized carbons (Fsp3) is 0.350. The summed E-state index contributed by atoms with van der Waals surface area (Å²) in [5.41, 5.74) is 1.26. The molecule has 5 heteroatoms. The molecule has 1 N–H and O–H groups in total. The van der Waals surface area contributed by atoms with Crippen molar-refractivity contribution in [2.24, 2.45) is 0 Å². The second-order valence-electron chi connectivity index (χ2n) is 6.08. The zero-order chi connectivity index (χ0) is 17.3. The van der Waals surface area contributed by atoms with E-state index in [2.05, 4.69) is 22.3 Å². The van der Waals surface area contributed by atoms with Crippen LogP contribution in [0.4, 0.5) is 4.79 Å². The summed E-state index contributed by atoms with van der Waals surface area (Å²) in [5, 5.41) is 2.91. The Balaban J connectivity index is 1.57. The molecule has 25 heavy (non-hydrogen) atoms. The number of morpholine rings is 1. The van der Waals surface area contributed by atoms with E-state index in [0.29, 0.717) is 12.3 Å². The van der Waals surface area contributed by atoms with Gasteiger partial charge in [-0.15, -0.1) is 0 Å². The molecular formula is C20H24N2O3. The fourth-order valence-electron chi connectivity index (χ4n) is 2.99. The lowest BCUT2D eigenvalue weighted by atomic mass is 10.0. The van der Waals surface area contributed by atoms with Gasteiger partial charge in [-0.1, -0.05) is 48.5 Å². The summed E-state index contributed by atoms with van der Waals surface area (Å²) < 4.78 is 10.8. The van der Waals surface area contributed by atoms with Crippen molar-refractivity contribution in [3.05, 3.63) is 66.2 Å². The highest BCUT2D eigenvalue weighted by Crippen LogP contribution is 2.12. The first-order valence-electron chi connectivity index (χ1n) is 8.68. The molecule has 1 fully saturated rings. The van der Waals surface area contributed by atoms with Crippen molar-refractivity contribution < 1.29 is 14.3 Å². The van der Waals surface area contributed by atoms with Gasteiger partial charge >= 0.3 is 6.09 Å². The number of ether oxygens (including phenoxy) is 2. The van der Waals surface area contributed by atoms with E-state index in [1.807, 2.05) is 36.4 Å². The normalized spacial score (nSPS) is 16.2. The minimum atomic E-state index is -0.419. The van der Waals surface area contributed by atoms with Gasteiger partial charge in [-0.2, -0.15) is 0 Å². The quantitative estimate of drug-likeness (QED) is 0.878. The lowest BCUT2D eigenvalue weighted by molar-refractivity contribution is 0.0170. The summed E-state index contributed by atoms with van der Waals surface area (Å²) in [4.78, 5) is 14.4. The van der Waals surface area contributed by atoms with Gasteiger partial charge in [0.15, 0.2) is 0 Å². The zero-order valence-electron chi connectivity index (χ0n) is 14.3. The minimum Gasteiger partial charge on any atom is -0.410 e. The number of amides is 1. The Labute approximate surface area is 148 Å². The van der Waals surface area contributed by atoms with Crippen molar-refractivity contribution in [2.45, 2.75) is 12.5 Å². The summed E-state index contributed by atoms with van der Waals surface area (Å²) in [5.74, 6) is 0.547. The third-order valence-electron chi connectivity index (χ3n) is 4.31. The van der Waals surface area contributed by atoms with Gasteiger partial charge in [0.2, 0.25) is 0 Å². The Hall–Kier alpha value is -2.37. The molecule has 0 spiro atoms. The molecule has 1 aliphatic rings. The van der Waals surface area contributed by atoms with Crippen LogP contribution < -0.4 is 10.1 Å². The first-order valence-corrected chi connectivity index (χ1v) is 8.68. The van der Waals surface area contributed by atoms with E-state index >= 15 is 0 Å². The van der Waals surface area contributed by atoms with E-state index in [9.17, 15) is 4.79 Å². The molecule has 2 aromatic carbocycles. The number of benzene rings is 2. The topological polar surface area (TPSA) is 50.8 Å². The molecule has 0 aliphatic carbocycles. The van der Waals surface area contributed by atoms with Crippen LogP contribution in [0.5, 0.6) is 5.75 Å². The van der Waals surface area contributed by atoms with Crippen LogP contribution >= 0.6 is 0 Å². The number of nitrogens with zero attached hydrogens (tertiary/aromatic N) is 1. The third kappa shape index (κ3) is 5.59. The molecule has 5 nitrogen and oxygen atoms in total. The van der Waals surface area contributed by atoms with E-state index in [-0.39, 0.29) is 6.04 Å².